The van der Waals surface area contributed by atoms with Gasteiger partial charge in [0.1, 0.15) is 23.0 Å². The van der Waals surface area contributed by atoms with Gasteiger partial charge in [0.15, 0.2) is 15.6 Å². The Labute approximate surface area is 306 Å². The van der Waals surface area contributed by atoms with E-state index in [4.69, 9.17) is 32.5 Å². The zero-order valence-corrected chi connectivity index (χ0v) is 31.3. The van der Waals surface area contributed by atoms with Crippen molar-refractivity contribution in [2.75, 3.05) is 23.0 Å². The number of nitrogens with zero attached hydrogens (tertiary/aromatic N) is 2. The van der Waals surface area contributed by atoms with Gasteiger partial charge in [-0.05, 0) is 62.4 Å². The lowest BCUT2D eigenvalue weighted by Gasteiger charge is -2.33. The molecule has 2 aliphatic carbocycles. The summed E-state index contributed by atoms with van der Waals surface area (Å²) in [4.78, 5) is 14.9. The molecule has 1 aliphatic heterocycles. The van der Waals surface area contributed by atoms with Crippen LogP contribution in [0.4, 0.5) is 10.1 Å². The maximum Gasteiger partial charge on any atom is 0.177 e. The number of fused-ring (bicyclic) bond motifs is 2. The molecule has 3 fully saturated rings. The van der Waals surface area contributed by atoms with Crippen LogP contribution < -0.4 is 4.90 Å². The van der Waals surface area contributed by atoms with E-state index in [0.29, 0.717) is 52.5 Å². The topological polar surface area (TPSA) is 89.7 Å². The molecule has 2 saturated carbocycles. The van der Waals surface area contributed by atoms with Crippen molar-refractivity contribution in [3.8, 4) is 11.3 Å². The standard InChI is InChI=1S/C39H49Cl2FN2O5S/c1-2-3-4-5-6-7-8-9-10-11-19-50(46,47)25-35(45)27-17-18-34(33(42)21-27)44-23-28-20-29(44)22-36(28)48-24-30-38(43-49-39(30)26-15-16-26)37-31(40)13-12-14-32(37)41/h12-14,17-18,21,26,28-29,36H,2-11,15-16,19-20,22-25H2,1H3/t28-,29-,36+/m0/s1. The van der Waals surface area contributed by atoms with Crippen molar-refractivity contribution in [2.24, 2.45) is 5.92 Å². The molecule has 3 aliphatic rings. The highest BCUT2D eigenvalue weighted by molar-refractivity contribution is 7.92. The fraction of sp³-hybridized carbons (Fsp3) is 0.590. The summed E-state index contributed by atoms with van der Waals surface area (Å²) in [7, 11) is -3.56. The molecule has 6 rings (SSSR count). The highest BCUT2D eigenvalue weighted by atomic mass is 35.5. The van der Waals surface area contributed by atoms with Crippen molar-refractivity contribution in [3.05, 3.63) is 69.1 Å². The lowest BCUT2D eigenvalue weighted by atomic mass is 10.0. The van der Waals surface area contributed by atoms with Crippen molar-refractivity contribution in [1.82, 2.24) is 5.16 Å². The van der Waals surface area contributed by atoms with Crippen LogP contribution in [0.3, 0.4) is 0 Å². The van der Waals surface area contributed by atoms with Gasteiger partial charge in [-0.25, -0.2) is 12.8 Å². The lowest BCUT2D eigenvalue weighted by Crippen LogP contribution is -2.39. The van der Waals surface area contributed by atoms with Gasteiger partial charge in [0, 0.05) is 41.1 Å². The summed E-state index contributed by atoms with van der Waals surface area (Å²) >= 11 is 13.0. The number of ketones is 1. The molecular formula is C39H49Cl2FN2O5S. The number of unbranched alkanes of at least 4 members (excludes halogenated alkanes) is 9. The Morgan fingerprint density at radius 1 is 0.980 bits per heavy atom. The number of carbonyl (C=O) groups excluding carboxylic acids is 1. The van der Waals surface area contributed by atoms with Crippen LogP contribution in [0.25, 0.3) is 11.3 Å². The van der Waals surface area contributed by atoms with Crippen LogP contribution in [0.1, 0.15) is 124 Å². The van der Waals surface area contributed by atoms with Crippen molar-refractivity contribution in [2.45, 2.75) is 121 Å². The Kier molecular flexibility index (Phi) is 12.6. The maximum absolute atomic E-state index is 15.5. The molecule has 0 unspecified atom stereocenters. The minimum absolute atomic E-state index is 0.00237. The quantitative estimate of drug-likeness (QED) is 0.0840. The van der Waals surface area contributed by atoms with Crippen LogP contribution in [0, 0.1) is 11.7 Å². The molecule has 3 aromatic rings. The highest BCUT2D eigenvalue weighted by Gasteiger charge is 2.46. The number of hydrogen-bond donors (Lipinski definition) is 0. The van der Waals surface area contributed by atoms with Crippen molar-refractivity contribution in [1.29, 1.82) is 0 Å². The fourth-order valence-electron chi connectivity index (χ4n) is 7.72. The van der Waals surface area contributed by atoms with Gasteiger partial charge in [-0.3, -0.25) is 4.79 Å². The van der Waals surface area contributed by atoms with Crippen molar-refractivity contribution >= 4 is 44.5 Å². The zero-order valence-electron chi connectivity index (χ0n) is 29.0. The van der Waals surface area contributed by atoms with Gasteiger partial charge in [0.2, 0.25) is 0 Å². The minimum atomic E-state index is -3.56. The summed E-state index contributed by atoms with van der Waals surface area (Å²) in [5.41, 5.74) is 2.69. The molecule has 11 heteroatoms. The summed E-state index contributed by atoms with van der Waals surface area (Å²) < 4.78 is 53.1. The van der Waals surface area contributed by atoms with Gasteiger partial charge in [0.05, 0.1) is 34.2 Å². The van der Waals surface area contributed by atoms with E-state index in [1.165, 1.54) is 44.6 Å². The molecule has 50 heavy (non-hydrogen) atoms. The number of anilines is 1. The first kappa shape index (κ1) is 37.3. The fourth-order valence-corrected chi connectivity index (χ4v) is 9.65. The monoisotopic (exact) mass is 746 g/mol. The SMILES string of the molecule is CCCCCCCCCCCCS(=O)(=O)CC(=O)c1ccc(N2C[C@@H]3C[C@H]2C[C@H]3OCc2c(-c3c(Cl)cccc3Cl)noc2C2CC2)c(F)c1. The molecule has 1 saturated heterocycles. The third-order valence-electron chi connectivity index (χ3n) is 10.6. The van der Waals surface area contributed by atoms with Crippen LogP contribution in [-0.2, 0) is 21.2 Å². The second-order valence-corrected chi connectivity index (χ2v) is 17.5. The number of halogens is 3. The third kappa shape index (κ3) is 9.12. The zero-order chi connectivity index (χ0) is 35.3. The number of carbonyl (C=O) groups is 1. The van der Waals surface area contributed by atoms with Gasteiger partial charge in [-0.1, -0.05) is 99.1 Å². The van der Waals surface area contributed by atoms with Gasteiger partial charge in [-0.2, -0.15) is 0 Å². The van der Waals surface area contributed by atoms with Crippen LogP contribution in [0.5, 0.6) is 0 Å². The van der Waals surface area contributed by atoms with E-state index >= 15 is 4.39 Å². The third-order valence-corrected chi connectivity index (χ3v) is 12.9. The largest absolute Gasteiger partial charge is 0.373 e. The Hall–Kier alpha value is -2.46. The number of Topliss-reactive ketones (excluding diaryl/α,β-unsaturated/α-hetero) is 1. The number of hydrogen-bond acceptors (Lipinski definition) is 7. The Balaban J connectivity index is 0.983. The molecule has 0 amide bonds. The smallest absolute Gasteiger partial charge is 0.177 e. The second kappa shape index (κ2) is 16.9. The van der Waals surface area contributed by atoms with Gasteiger partial charge in [0.25, 0.3) is 0 Å². The predicted molar refractivity (Wildman–Crippen MR) is 198 cm³/mol. The molecule has 0 spiro atoms. The summed E-state index contributed by atoms with van der Waals surface area (Å²) in [6.45, 7) is 3.17. The number of benzene rings is 2. The van der Waals surface area contributed by atoms with Gasteiger partial charge < -0.3 is 14.2 Å². The second-order valence-electron chi connectivity index (χ2n) is 14.5. The van der Waals surface area contributed by atoms with E-state index in [2.05, 4.69) is 17.0 Å². The first-order chi connectivity index (χ1) is 24.1. The maximum atomic E-state index is 15.5. The van der Waals surface area contributed by atoms with E-state index in [0.717, 1.165) is 56.3 Å². The minimum Gasteiger partial charge on any atom is -0.373 e. The molecule has 1 aromatic heterocycles. The molecule has 2 heterocycles. The first-order valence-electron chi connectivity index (χ1n) is 18.5. The molecule has 2 aromatic carbocycles. The van der Waals surface area contributed by atoms with E-state index in [-0.39, 0.29) is 29.4 Å². The first-order valence-corrected chi connectivity index (χ1v) is 21.1. The Bertz CT molecular complexity index is 1720. The number of ether oxygens (including phenoxy) is 1. The van der Waals surface area contributed by atoms with Gasteiger partial charge >= 0.3 is 0 Å². The number of piperidine rings is 1. The molecule has 0 N–H and O–H groups in total. The Morgan fingerprint density at radius 2 is 1.66 bits per heavy atom. The van der Waals surface area contributed by atoms with Crippen LogP contribution in [0.15, 0.2) is 40.9 Å². The molecular weight excluding hydrogens is 698 g/mol. The lowest BCUT2D eigenvalue weighted by molar-refractivity contribution is 0.0122. The molecule has 3 atom stereocenters. The van der Waals surface area contributed by atoms with Crippen LogP contribution >= 0.6 is 23.2 Å². The Morgan fingerprint density at radius 3 is 2.28 bits per heavy atom. The average Bonchev–Trinajstić information content (AvgIpc) is 3.53. The van der Waals surface area contributed by atoms with Crippen molar-refractivity contribution < 1.29 is 26.9 Å². The van der Waals surface area contributed by atoms with Crippen LogP contribution in [-0.4, -0.2) is 49.6 Å². The van der Waals surface area contributed by atoms with Crippen LogP contribution in [0.2, 0.25) is 10.0 Å². The molecule has 2 bridgehead atoms. The van der Waals surface area contributed by atoms with E-state index in [1.54, 1.807) is 30.3 Å². The van der Waals surface area contributed by atoms with E-state index < -0.39 is 27.2 Å². The van der Waals surface area contributed by atoms with Gasteiger partial charge in [-0.15, -0.1) is 0 Å². The summed E-state index contributed by atoms with van der Waals surface area (Å²) in [5, 5.41) is 5.38. The molecule has 7 nitrogen and oxygen atoms in total. The van der Waals surface area contributed by atoms with Crippen molar-refractivity contribution in [3.63, 3.8) is 0 Å². The van der Waals surface area contributed by atoms with E-state index in [1.807, 2.05) is 0 Å². The summed E-state index contributed by atoms with van der Waals surface area (Å²) in [6.07, 6.45) is 14.8. The average molecular weight is 748 g/mol. The highest BCUT2D eigenvalue weighted by Crippen LogP contribution is 2.47. The predicted octanol–water partition coefficient (Wildman–Crippen LogP) is 10.4. The molecule has 272 valence electrons. The summed E-state index contributed by atoms with van der Waals surface area (Å²) in [6, 6.07) is 9.84. The summed E-state index contributed by atoms with van der Waals surface area (Å²) in [5.74, 6) is -0.283. The number of rotatable bonds is 20. The number of aromatic nitrogens is 1. The normalized spacial score (nSPS) is 20.2. The number of sulfone groups is 1. The van der Waals surface area contributed by atoms with E-state index in [9.17, 15) is 13.2 Å². The molecule has 0 radical (unpaired) electrons.